The molecule has 0 aromatic heterocycles. The van der Waals surface area contributed by atoms with E-state index in [0.29, 0.717) is 22.4 Å². The van der Waals surface area contributed by atoms with E-state index >= 15 is 0 Å². The molecular formula is C57H57F3N4. The van der Waals surface area contributed by atoms with Crippen LogP contribution in [0.1, 0.15) is 128 Å². The quantitative estimate of drug-likeness (QED) is 0.178. The van der Waals surface area contributed by atoms with E-state index in [1.54, 1.807) is 6.07 Å². The summed E-state index contributed by atoms with van der Waals surface area (Å²) in [4.78, 5) is 4.75. The van der Waals surface area contributed by atoms with Gasteiger partial charge in [0, 0.05) is 12.8 Å². The zero-order valence-electron chi connectivity index (χ0n) is 40.2. The maximum Gasteiger partial charge on any atom is 0.416 e. The van der Waals surface area contributed by atoms with Crippen LogP contribution in [0.2, 0.25) is 0 Å². The second-order valence-electron chi connectivity index (χ2n) is 18.7. The van der Waals surface area contributed by atoms with E-state index in [2.05, 4.69) is 133 Å². The summed E-state index contributed by atoms with van der Waals surface area (Å²) in [6.07, 6.45) is -3.18. The van der Waals surface area contributed by atoms with Gasteiger partial charge in [-0.1, -0.05) is 6.07 Å². The first-order valence-electron chi connectivity index (χ1n) is 22.2. The molecule has 2 aliphatic heterocycles. The maximum absolute atomic E-state index is 14.2. The highest BCUT2D eigenvalue weighted by Gasteiger charge is 2.40. The van der Waals surface area contributed by atoms with Crippen LogP contribution in [0.5, 0.6) is 0 Å². The number of hydrogen-bond acceptors (Lipinski definition) is 4. The number of halogens is 3. The molecule has 8 rings (SSSR count). The molecule has 0 fully saturated rings. The fourth-order valence-corrected chi connectivity index (χ4v) is 10.9. The van der Waals surface area contributed by atoms with Gasteiger partial charge in [-0.05, 0) is 257 Å². The molecule has 64 heavy (non-hydrogen) atoms. The summed E-state index contributed by atoms with van der Waals surface area (Å²) in [6.45, 7) is 35.1. The summed E-state index contributed by atoms with van der Waals surface area (Å²) in [5.41, 5.74) is 29.7. The minimum atomic E-state index is -4.64. The van der Waals surface area contributed by atoms with Crippen LogP contribution in [0.4, 0.5) is 47.3 Å². The van der Waals surface area contributed by atoms with E-state index < -0.39 is 11.7 Å². The Hall–Kier alpha value is -6.31. The minimum absolute atomic E-state index is 0.113. The largest absolute Gasteiger partial charge is 0.416 e. The van der Waals surface area contributed by atoms with Crippen LogP contribution in [0, 0.1) is 133 Å². The summed E-state index contributed by atoms with van der Waals surface area (Å²) in [5.74, 6) is 0. The van der Waals surface area contributed by atoms with Gasteiger partial charge < -0.3 is 9.80 Å². The van der Waals surface area contributed by atoms with Gasteiger partial charge in [0.1, 0.15) is 6.07 Å². The molecular weight excluding hydrogens is 798 g/mol. The normalized spacial score (nSPS) is 13.0. The van der Waals surface area contributed by atoms with E-state index in [9.17, 15) is 23.7 Å². The van der Waals surface area contributed by atoms with Crippen molar-refractivity contribution in [2.45, 2.75) is 130 Å². The third-order valence-electron chi connectivity index (χ3n) is 16.2. The number of alkyl halides is 3. The Morgan fingerprint density at radius 1 is 0.406 bits per heavy atom. The standard InChI is InChI=1S/C57H57F3N4/c1-26-30(5)38(13)52-47(34(26)9)22-48-35(10)27(2)31(6)39(14)53(48)63(52)51-21-42(46-18-17-45(57(58,59)60)20-43(46)24-61)19-44(25-62)56(51)64-54-40(15)32(7)28(3)36(11)49(54)23-50-37(12)29(4)33(8)41(16)55(50)64/h17-21H,22-23H2,1-16H3. The Morgan fingerprint density at radius 2 is 0.750 bits per heavy atom. The van der Waals surface area contributed by atoms with E-state index in [4.69, 9.17) is 0 Å². The fraction of sp³-hybridized carbons (Fsp3) is 0.333. The third kappa shape index (κ3) is 6.14. The van der Waals surface area contributed by atoms with Crippen LogP contribution in [-0.2, 0) is 19.0 Å². The predicted octanol–water partition coefficient (Wildman–Crippen LogP) is 15.8. The first kappa shape index (κ1) is 44.3. The molecule has 0 N–H and O–H groups in total. The van der Waals surface area contributed by atoms with Crippen molar-refractivity contribution in [3.63, 3.8) is 0 Å². The maximum atomic E-state index is 14.2. The number of benzene rings is 6. The van der Waals surface area contributed by atoms with E-state index in [1.807, 2.05) is 6.07 Å². The molecule has 6 aromatic carbocycles. The van der Waals surface area contributed by atoms with Crippen molar-refractivity contribution in [1.82, 2.24) is 0 Å². The van der Waals surface area contributed by atoms with Crippen LogP contribution >= 0.6 is 0 Å². The lowest BCUT2D eigenvalue weighted by Gasteiger charge is -2.44. The summed E-state index contributed by atoms with van der Waals surface area (Å²) in [7, 11) is 0. The number of nitrogens with zero attached hydrogens (tertiary/aromatic N) is 4. The van der Waals surface area contributed by atoms with Crippen molar-refractivity contribution in [2.75, 3.05) is 9.80 Å². The molecule has 0 unspecified atom stereocenters. The molecule has 0 aliphatic carbocycles. The SMILES string of the molecule is Cc1c(C)c(C)c2c(c1C)Cc1c(C)c(C)c(C)c(C)c1N2c1cc(-c2ccc(C(F)(F)F)cc2C#N)cc(C#N)c1N1c2c(C)c(C)c(C)c(C)c2Cc2c(C)c(C)c(C)c(C)c21. The summed E-state index contributed by atoms with van der Waals surface area (Å²) >= 11 is 0. The Kier molecular flexibility index (Phi) is 10.5. The average molecular weight is 855 g/mol. The molecule has 0 amide bonds. The van der Waals surface area contributed by atoms with Gasteiger partial charge in [-0.2, -0.15) is 23.7 Å². The van der Waals surface area contributed by atoms with Gasteiger partial charge in [-0.15, -0.1) is 0 Å². The predicted molar refractivity (Wildman–Crippen MR) is 257 cm³/mol. The summed E-state index contributed by atoms with van der Waals surface area (Å²) in [6, 6.07) is 11.9. The second-order valence-corrected chi connectivity index (χ2v) is 18.7. The smallest absolute Gasteiger partial charge is 0.307 e. The van der Waals surface area contributed by atoms with E-state index in [-0.39, 0.29) is 5.56 Å². The third-order valence-corrected chi connectivity index (χ3v) is 16.2. The number of fused-ring (bicyclic) bond motifs is 4. The minimum Gasteiger partial charge on any atom is -0.307 e. The molecule has 0 atom stereocenters. The van der Waals surface area contributed by atoms with Gasteiger partial charge in [-0.3, -0.25) is 0 Å². The average Bonchev–Trinajstić information content (AvgIpc) is 3.28. The molecule has 2 aliphatic rings. The van der Waals surface area contributed by atoms with Gasteiger partial charge in [0.05, 0.1) is 56.9 Å². The second kappa shape index (κ2) is 15.2. The van der Waals surface area contributed by atoms with Crippen molar-refractivity contribution in [1.29, 1.82) is 10.5 Å². The lowest BCUT2D eigenvalue weighted by atomic mass is 9.79. The first-order chi connectivity index (χ1) is 30.0. The molecule has 7 heteroatoms. The Labute approximate surface area is 377 Å². The summed E-state index contributed by atoms with van der Waals surface area (Å²) in [5, 5.41) is 22.2. The Morgan fingerprint density at radius 3 is 1.09 bits per heavy atom. The highest BCUT2D eigenvalue weighted by molar-refractivity contribution is 6.03. The van der Waals surface area contributed by atoms with Crippen molar-refractivity contribution >= 4 is 34.1 Å². The summed E-state index contributed by atoms with van der Waals surface area (Å²) < 4.78 is 42.5. The topological polar surface area (TPSA) is 54.1 Å². The van der Waals surface area contributed by atoms with Crippen LogP contribution in [0.15, 0.2) is 30.3 Å². The fourth-order valence-electron chi connectivity index (χ4n) is 10.9. The molecule has 2 heterocycles. The lowest BCUT2D eigenvalue weighted by Crippen LogP contribution is -2.29. The Balaban J connectivity index is 1.66. The number of nitriles is 2. The molecule has 0 bridgehead atoms. The lowest BCUT2D eigenvalue weighted by molar-refractivity contribution is -0.137. The van der Waals surface area contributed by atoms with Crippen molar-refractivity contribution in [2.24, 2.45) is 0 Å². The molecule has 4 nitrogen and oxygen atoms in total. The van der Waals surface area contributed by atoms with Crippen molar-refractivity contribution in [3.05, 3.63) is 158 Å². The monoisotopic (exact) mass is 854 g/mol. The Bertz CT molecular complexity index is 3050. The van der Waals surface area contributed by atoms with Crippen LogP contribution < -0.4 is 9.80 Å². The van der Waals surface area contributed by atoms with Crippen LogP contribution in [0.3, 0.4) is 0 Å². The molecule has 0 saturated carbocycles. The van der Waals surface area contributed by atoms with Crippen molar-refractivity contribution in [3.8, 4) is 23.3 Å². The zero-order valence-corrected chi connectivity index (χ0v) is 40.2. The van der Waals surface area contributed by atoms with Gasteiger partial charge in [0.25, 0.3) is 0 Å². The first-order valence-corrected chi connectivity index (χ1v) is 22.2. The highest BCUT2D eigenvalue weighted by Crippen LogP contribution is 2.59. The molecule has 0 radical (unpaired) electrons. The van der Waals surface area contributed by atoms with Gasteiger partial charge >= 0.3 is 6.18 Å². The molecule has 0 spiro atoms. The number of hydrogen-bond donors (Lipinski definition) is 0. The van der Waals surface area contributed by atoms with Crippen LogP contribution in [-0.4, -0.2) is 0 Å². The van der Waals surface area contributed by atoms with Gasteiger partial charge in [0.2, 0.25) is 0 Å². The van der Waals surface area contributed by atoms with Crippen LogP contribution in [0.25, 0.3) is 11.1 Å². The highest BCUT2D eigenvalue weighted by atomic mass is 19.4. The van der Waals surface area contributed by atoms with Crippen molar-refractivity contribution < 1.29 is 13.2 Å². The number of anilines is 6. The van der Waals surface area contributed by atoms with E-state index in [0.717, 1.165) is 75.7 Å². The molecule has 6 aromatic rings. The molecule has 0 saturated heterocycles. The van der Waals surface area contributed by atoms with E-state index in [1.165, 1.54) is 95.1 Å². The van der Waals surface area contributed by atoms with Gasteiger partial charge in [0.15, 0.2) is 0 Å². The molecule has 326 valence electrons. The number of rotatable bonds is 3. The zero-order chi connectivity index (χ0) is 46.9. The van der Waals surface area contributed by atoms with Gasteiger partial charge in [-0.25, -0.2) is 0 Å².